The van der Waals surface area contributed by atoms with Crippen LogP contribution in [0.3, 0.4) is 0 Å². The predicted molar refractivity (Wildman–Crippen MR) is 259 cm³/mol. The van der Waals surface area contributed by atoms with Crippen LogP contribution >= 0.6 is 0 Å². The fourth-order valence-corrected chi connectivity index (χ4v) is 8.54. The van der Waals surface area contributed by atoms with Gasteiger partial charge in [0.15, 0.2) is 5.79 Å². The molecule has 18 nitrogen and oxygen atoms in total. The summed E-state index contributed by atoms with van der Waals surface area (Å²) in [5.74, 6) is -5.67. The van der Waals surface area contributed by atoms with Gasteiger partial charge in [-0.15, -0.1) is 0 Å². The molecule has 0 aliphatic carbocycles. The third-order valence-corrected chi connectivity index (χ3v) is 12.6. The van der Waals surface area contributed by atoms with E-state index in [-0.39, 0.29) is 38.3 Å². The highest BCUT2D eigenvalue weighted by Crippen LogP contribution is 2.35. The second-order valence-electron chi connectivity index (χ2n) is 19.3. The van der Waals surface area contributed by atoms with Gasteiger partial charge in [0.1, 0.15) is 48.6 Å². The van der Waals surface area contributed by atoms with Crippen molar-refractivity contribution in [3.8, 4) is 0 Å². The molecule has 0 aromatic heterocycles. The van der Waals surface area contributed by atoms with Crippen molar-refractivity contribution < 1.29 is 66.7 Å². The Kier molecular flexibility index (Phi) is 30.6. The summed E-state index contributed by atoms with van der Waals surface area (Å²) in [5.41, 5.74) is 5.44. The summed E-state index contributed by atoms with van der Waals surface area (Å²) in [6.07, 6.45) is 16.5. The van der Waals surface area contributed by atoms with E-state index in [9.17, 15) is 33.6 Å². The van der Waals surface area contributed by atoms with Gasteiger partial charge in [0.2, 0.25) is 29.9 Å². The number of carbonyl (C=O) groups excluding carboxylic acids is 7. The standard InChI is InChI=1S/C51H90N4O14/c1-9-11-13-15-17-19-20-22-24-26-28-30-42(58)66-38(29-27-25-23-21-18-16-14-12-10-2)33-43(59)68-50-44(54-37(5)56)46(45-40(67-50)34-64-51(6,7)69-45)65-36(4)49(62)53-35(3)48(61)55-39(47(52)60)31-32-41(57)63-8/h35-36,38-40,44-46,50H,9-34H2,1-8H3,(H2,52,60)(H,53,62)(H,54,56)(H,55,61)/t35-,36+,38+,39+,40+,44+,45+,46+,50+/m0/s1. The van der Waals surface area contributed by atoms with Gasteiger partial charge in [0.05, 0.1) is 20.1 Å². The lowest BCUT2D eigenvalue weighted by molar-refractivity contribution is -0.370. The summed E-state index contributed by atoms with van der Waals surface area (Å²) in [5, 5.41) is 7.77. The smallest absolute Gasteiger partial charge is 0.311 e. The van der Waals surface area contributed by atoms with E-state index in [1.165, 1.54) is 105 Å². The molecule has 0 aromatic carbocycles. The van der Waals surface area contributed by atoms with Crippen molar-refractivity contribution >= 4 is 41.5 Å². The van der Waals surface area contributed by atoms with Crippen molar-refractivity contribution in [2.24, 2.45) is 5.73 Å². The number of carbonyl (C=O) groups is 7. The number of esters is 3. The number of unbranched alkanes of at least 4 members (excludes halogenated alkanes) is 18. The number of fused-ring (bicyclic) bond motifs is 1. The van der Waals surface area contributed by atoms with E-state index >= 15 is 0 Å². The first kappa shape index (κ1) is 61.3. The molecule has 0 spiro atoms. The van der Waals surface area contributed by atoms with E-state index in [0.29, 0.717) is 12.8 Å². The SMILES string of the molecule is CCCCCCCCCCCCCC(=O)O[C@H](CCCCCCCCCCC)CC(=O)O[C@H]1O[C@@H]2COC(C)(C)O[C@H]2[C@H](O[C@H](C)C(=O)N[C@@H](C)C(=O)N[C@H](CCC(=O)OC)C(N)=O)[C@H]1NC(C)=O. The van der Waals surface area contributed by atoms with Gasteiger partial charge in [-0.3, -0.25) is 33.6 Å². The average molecular weight is 983 g/mol. The summed E-state index contributed by atoms with van der Waals surface area (Å²) >= 11 is 0. The minimum absolute atomic E-state index is 0.00888. The molecular weight excluding hydrogens is 893 g/mol. The van der Waals surface area contributed by atoms with Crippen LogP contribution in [0.25, 0.3) is 0 Å². The lowest BCUT2D eigenvalue weighted by Gasteiger charge is -2.51. The minimum atomic E-state index is -1.43. The fraction of sp³-hybridized carbons (Fsp3) is 0.863. The molecule has 0 aromatic rings. The van der Waals surface area contributed by atoms with Crippen LogP contribution in [0, 0.1) is 0 Å². The summed E-state index contributed by atoms with van der Waals surface area (Å²) in [6.45, 7) is 11.9. The van der Waals surface area contributed by atoms with Crippen LogP contribution in [0.1, 0.15) is 209 Å². The number of methoxy groups -OCH3 is 1. The molecule has 5 N–H and O–H groups in total. The van der Waals surface area contributed by atoms with Crippen LogP contribution in [-0.4, -0.2) is 116 Å². The maximum absolute atomic E-state index is 13.9. The number of nitrogens with one attached hydrogen (secondary N) is 3. The highest BCUT2D eigenvalue weighted by Gasteiger charge is 2.54. The van der Waals surface area contributed by atoms with Crippen LogP contribution in [0.5, 0.6) is 0 Å². The molecule has 2 aliphatic heterocycles. The predicted octanol–water partition coefficient (Wildman–Crippen LogP) is 7.04. The first-order valence-corrected chi connectivity index (χ1v) is 26.2. The second-order valence-corrected chi connectivity index (χ2v) is 19.3. The first-order valence-electron chi connectivity index (χ1n) is 26.2. The highest BCUT2D eigenvalue weighted by atomic mass is 16.8. The van der Waals surface area contributed by atoms with E-state index in [1.807, 2.05) is 0 Å². The van der Waals surface area contributed by atoms with Crippen LogP contribution in [-0.2, 0) is 66.7 Å². The molecule has 0 saturated carbocycles. The Hall–Kier alpha value is -3.87. The molecular formula is C51H90N4O14. The van der Waals surface area contributed by atoms with Crippen molar-refractivity contribution in [3.63, 3.8) is 0 Å². The number of primary amides is 1. The maximum Gasteiger partial charge on any atom is 0.311 e. The Labute approximate surface area is 412 Å². The molecule has 69 heavy (non-hydrogen) atoms. The van der Waals surface area contributed by atoms with Gasteiger partial charge < -0.3 is 54.8 Å². The Morgan fingerprint density at radius 2 is 1.25 bits per heavy atom. The van der Waals surface area contributed by atoms with Gasteiger partial charge in [-0.25, -0.2) is 0 Å². The number of hydrogen-bond donors (Lipinski definition) is 4. The Morgan fingerprint density at radius 1 is 0.696 bits per heavy atom. The van der Waals surface area contributed by atoms with Crippen LogP contribution < -0.4 is 21.7 Å². The Bertz CT molecular complexity index is 1550. The van der Waals surface area contributed by atoms with Gasteiger partial charge in [-0.2, -0.15) is 0 Å². The quantitative estimate of drug-likeness (QED) is 0.0277. The molecule has 2 heterocycles. The van der Waals surface area contributed by atoms with Gasteiger partial charge in [0, 0.05) is 19.8 Å². The third kappa shape index (κ3) is 25.7. The van der Waals surface area contributed by atoms with Crippen LogP contribution in [0.15, 0.2) is 0 Å². The molecule has 2 aliphatic rings. The Balaban J connectivity index is 2.17. The zero-order valence-electron chi connectivity index (χ0n) is 43.4. The molecule has 2 rings (SSSR count). The third-order valence-electron chi connectivity index (χ3n) is 12.6. The summed E-state index contributed by atoms with van der Waals surface area (Å²) < 4.78 is 41.3. The molecule has 9 atom stereocenters. The van der Waals surface area contributed by atoms with Crippen molar-refractivity contribution in [3.05, 3.63) is 0 Å². The molecule has 398 valence electrons. The lowest BCUT2D eigenvalue weighted by atomic mass is 9.94. The molecule has 18 heteroatoms. The highest BCUT2D eigenvalue weighted by molar-refractivity contribution is 5.92. The number of ether oxygens (including phenoxy) is 7. The first-order chi connectivity index (χ1) is 32.9. The zero-order chi connectivity index (χ0) is 51.2. The van der Waals surface area contributed by atoms with E-state index in [4.69, 9.17) is 34.2 Å². The number of rotatable bonds is 37. The topological polar surface area (TPSA) is 246 Å². The summed E-state index contributed by atoms with van der Waals surface area (Å²) in [7, 11) is 1.19. The van der Waals surface area contributed by atoms with E-state index in [2.05, 4.69) is 34.5 Å². The second kappa shape index (κ2) is 34.5. The monoisotopic (exact) mass is 983 g/mol. The van der Waals surface area contributed by atoms with E-state index < -0.39 is 96.3 Å². The van der Waals surface area contributed by atoms with Gasteiger partial charge in [0.25, 0.3) is 0 Å². The van der Waals surface area contributed by atoms with Gasteiger partial charge >= 0.3 is 17.9 Å². The number of amides is 4. The van der Waals surface area contributed by atoms with Crippen molar-refractivity contribution in [2.45, 2.75) is 270 Å². The van der Waals surface area contributed by atoms with Crippen molar-refractivity contribution in [1.82, 2.24) is 16.0 Å². The van der Waals surface area contributed by atoms with Crippen molar-refractivity contribution in [1.29, 1.82) is 0 Å². The normalized spacial score (nSPS) is 21.4. The van der Waals surface area contributed by atoms with E-state index in [1.54, 1.807) is 13.8 Å². The zero-order valence-corrected chi connectivity index (χ0v) is 43.4. The fourth-order valence-electron chi connectivity index (χ4n) is 8.54. The number of nitrogens with two attached hydrogens (primary N) is 1. The summed E-state index contributed by atoms with van der Waals surface area (Å²) in [4.78, 5) is 90.1. The van der Waals surface area contributed by atoms with Crippen LogP contribution in [0.2, 0.25) is 0 Å². The van der Waals surface area contributed by atoms with Crippen molar-refractivity contribution in [2.75, 3.05) is 13.7 Å². The maximum atomic E-state index is 13.9. The minimum Gasteiger partial charge on any atom is -0.469 e. The average Bonchev–Trinajstić information content (AvgIpc) is 3.29. The van der Waals surface area contributed by atoms with E-state index in [0.717, 1.165) is 44.9 Å². The molecule has 4 amide bonds. The van der Waals surface area contributed by atoms with Crippen LogP contribution in [0.4, 0.5) is 0 Å². The number of hydrogen-bond acceptors (Lipinski definition) is 14. The lowest BCUT2D eigenvalue weighted by Crippen LogP contribution is -2.70. The largest absolute Gasteiger partial charge is 0.469 e. The summed E-state index contributed by atoms with van der Waals surface area (Å²) in [6, 6.07) is -3.57. The molecule has 0 radical (unpaired) electrons. The van der Waals surface area contributed by atoms with Gasteiger partial charge in [-0.05, 0) is 53.4 Å². The van der Waals surface area contributed by atoms with Gasteiger partial charge in [-0.1, -0.05) is 129 Å². The molecule has 2 fully saturated rings. The molecule has 0 bridgehead atoms. The molecule has 2 saturated heterocycles. The molecule has 0 unspecified atom stereocenters. The Morgan fingerprint density at radius 3 is 1.78 bits per heavy atom.